The summed E-state index contributed by atoms with van der Waals surface area (Å²) < 4.78 is 12.2. The number of methoxy groups -OCH3 is 1. The second-order valence-corrected chi connectivity index (χ2v) is 5.23. The number of nitrogens with zero attached hydrogens (tertiary/aromatic N) is 3. The first-order valence-corrected chi connectivity index (χ1v) is 7.53. The normalized spacial score (nSPS) is 10.8. The Morgan fingerprint density at radius 2 is 2.21 bits per heavy atom. The minimum atomic E-state index is -0.327. The van der Waals surface area contributed by atoms with Crippen molar-refractivity contribution in [2.75, 3.05) is 19.0 Å². The van der Waals surface area contributed by atoms with Crippen LogP contribution in [0.25, 0.3) is 11.4 Å². The van der Waals surface area contributed by atoms with Crippen LogP contribution in [0.2, 0.25) is 0 Å². The summed E-state index contributed by atoms with van der Waals surface area (Å²) in [5.41, 5.74) is 1.85. The maximum absolute atomic E-state index is 12.3. The molecule has 0 radical (unpaired) electrons. The first-order chi connectivity index (χ1) is 11.7. The Labute approximate surface area is 139 Å². The first kappa shape index (κ1) is 15.9. The number of nitrogens with one attached hydrogen (secondary N) is 1. The van der Waals surface area contributed by atoms with E-state index in [0.717, 1.165) is 0 Å². The van der Waals surface area contributed by atoms with Crippen LogP contribution in [-0.4, -0.2) is 34.4 Å². The van der Waals surface area contributed by atoms with Crippen molar-refractivity contribution in [3.05, 3.63) is 54.2 Å². The molecule has 3 rings (SSSR count). The van der Waals surface area contributed by atoms with Gasteiger partial charge in [-0.1, -0.05) is 6.07 Å². The Bertz CT molecular complexity index is 823. The molecule has 0 spiro atoms. The SMILES string of the molecule is COCCn1cc(NC(=O)c2ccc(C)o2)c(-c2ccccn2)n1. The third kappa shape index (κ3) is 3.52. The van der Waals surface area contributed by atoms with Crippen LogP contribution in [0, 0.1) is 6.92 Å². The molecule has 0 aliphatic rings. The monoisotopic (exact) mass is 326 g/mol. The molecule has 3 aromatic rings. The average molecular weight is 326 g/mol. The number of aryl methyl sites for hydroxylation is 1. The van der Waals surface area contributed by atoms with Crippen LogP contribution in [0.3, 0.4) is 0 Å². The van der Waals surface area contributed by atoms with E-state index in [1.54, 1.807) is 43.2 Å². The average Bonchev–Trinajstić information content (AvgIpc) is 3.20. The van der Waals surface area contributed by atoms with Gasteiger partial charge in [-0.3, -0.25) is 14.5 Å². The second kappa shape index (κ2) is 7.10. The minimum Gasteiger partial charge on any atom is -0.456 e. The number of pyridine rings is 1. The fourth-order valence-electron chi connectivity index (χ4n) is 2.24. The molecule has 1 amide bonds. The van der Waals surface area contributed by atoms with Crippen LogP contribution in [0.1, 0.15) is 16.3 Å². The highest BCUT2D eigenvalue weighted by molar-refractivity contribution is 6.04. The maximum atomic E-state index is 12.3. The van der Waals surface area contributed by atoms with Crippen molar-refractivity contribution in [3.8, 4) is 11.4 Å². The minimum absolute atomic E-state index is 0.254. The number of rotatable bonds is 6. The molecule has 3 heterocycles. The highest BCUT2D eigenvalue weighted by Gasteiger charge is 2.17. The summed E-state index contributed by atoms with van der Waals surface area (Å²) in [6, 6.07) is 8.93. The van der Waals surface area contributed by atoms with Gasteiger partial charge in [0.1, 0.15) is 11.5 Å². The van der Waals surface area contributed by atoms with Gasteiger partial charge in [0, 0.05) is 19.5 Å². The summed E-state index contributed by atoms with van der Waals surface area (Å²) in [6.45, 7) is 2.89. The molecule has 7 heteroatoms. The number of hydrogen-bond acceptors (Lipinski definition) is 5. The summed E-state index contributed by atoms with van der Waals surface area (Å²) >= 11 is 0. The lowest BCUT2D eigenvalue weighted by Gasteiger charge is -2.03. The van der Waals surface area contributed by atoms with Gasteiger partial charge in [0.25, 0.3) is 5.91 Å². The molecule has 124 valence electrons. The number of amides is 1. The molecule has 0 fully saturated rings. The van der Waals surface area contributed by atoms with Gasteiger partial charge in [0.2, 0.25) is 0 Å². The molecule has 0 bridgehead atoms. The number of carbonyl (C=O) groups excluding carboxylic acids is 1. The molecule has 0 aliphatic heterocycles. The Balaban J connectivity index is 1.90. The van der Waals surface area contributed by atoms with Gasteiger partial charge in [-0.15, -0.1) is 0 Å². The molecule has 0 aliphatic carbocycles. The van der Waals surface area contributed by atoms with Crippen LogP contribution in [0.15, 0.2) is 47.1 Å². The van der Waals surface area contributed by atoms with Gasteiger partial charge in [-0.25, -0.2) is 0 Å². The van der Waals surface area contributed by atoms with Crippen molar-refractivity contribution in [2.45, 2.75) is 13.5 Å². The Morgan fingerprint density at radius 3 is 2.88 bits per heavy atom. The largest absolute Gasteiger partial charge is 0.456 e. The van der Waals surface area contributed by atoms with Crippen LogP contribution in [0.5, 0.6) is 0 Å². The van der Waals surface area contributed by atoms with Crippen LogP contribution >= 0.6 is 0 Å². The van der Waals surface area contributed by atoms with Crippen molar-refractivity contribution >= 4 is 11.6 Å². The van der Waals surface area contributed by atoms with E-state index in [2.05, 4.69) is 15.4 Å². The standard InChI is InChI=1S/C17H18N4O3/c1-12-6-7-15(24-12)17(22)19-14-11-21(9-10-23-2)20-16(14)13-5-3-4-8-18-13/h3-8,11H,9-10H2,1-2H3,(H,19,22). The molecular weight excluding hydrogens is 308 g/mol. The zero-order chi connectivity index (χ0) is 16.9. The summed E-state index contributed by atoms with van der Waals surface area (Å²) in [5, 5.41) is 7.34. The predicted molar refractivity (Wildman–Crippen MR) is 88.7 cm³/mol. The van der Waals surface area contributed by atoms with Crippen molar-refractivity contribution < 1.29 is 13.9 Å². The van der Waals surface area contributed by atoms with E-state index in [0.29, 0.717) is 36.0 Å². The molecule has 0 aromatic carbocycles. The number of anilines is 1. The predicted octanol–water partition coefficient (Wildman–Crippen LogP) is 2.75. The van der Waals surface area contributed by atoms with E-state index in [1.165, 1.54) is 0 Å². The molecule has 24 heavy (non-hydrogen) atoms. The summed E-state index contributed by atoms with van der Waals surface area (Å²) in [4.78, 5) is 16.7. The lowest BCUT2D eigenvalue weighted by Crippen LogP contribution is -2.11. The Morgan fingerprint density at radius 1 is 1.33 bits per heavy atom. The number of furan rings is 1. The van der Waals surface area contributed by atoms with Gasteiger partial charge in [0.05, 0.1) is 24.5 Å². The molecular formula is C17H18N4O3. The van der Waals surface area contributed by atoms with Gasteiger partial charge >= 0.3 is 0 Å². The molecule has 0 saturated heterocycles. The molecule has 0 unspecified atom stereocenters. The fraction of sp³-hybridized carbons (Fsp3) is 0.235. The lowest BCUT2D eigenvalue weighted by atomic mass is 10.2. The Kier molecular flexibility index (Phi) is 4.72. The van der Waals surface area contributed by atoms with Gasteiger partial charge in [0.15, 0.2) is 5.76 Å². The smallest absolute Gasteiger partial charge is 0.291 e. The van der Waals surface area contributed by atoms with Crippen molar-refractivity contribution in [1.29, 1.82) is 0 Å². The van der Waals surface area contributed by atoms with Crippen LogP contribution < -0.4 is 5.32 Å². The van der Waals surface area contributed by atoms with Crippen LogP contribution in [0.4, 0.5) is 5.69 Å². The topological polar surface area (TPSA) is 82.2 Å². The summed E-state index contributed by atoms with van der Waals surface area (Å²) in [5.74, 6) is 0.608. The van der Waals surface area contributed by atoms with E-state index >= 15 is 0 Å². The molecule has 1 N–H and O–H groups in total. The van der Waals surface area contributed by atoms with Gasteiger partial charge in [-0.2, -0.15) is 5.10 Å². The second-order valence-electron chi connectivity index (χ2n) is 5.23. The summed E-state index contributed by atoms with van der Waals surface area (Å²) in [7, 11) is 1.63. The van der Waals surface area contributed by atoms with E-state index in [-0.39, 0.29) is 11.7 Å². The van der Waals surface area contributed by atoms with Gasteiger partial charge < -0.3 is 14.5 Å². The van der Waals surface area contributed by atoms with Crippen molar-refractivity contribution in [1.82, 2.24) is 14.8 Å². The number of aromatic nitrogens is 3. The van der Waals surface area contributed by atoms with Gasteiger partial charge in [-0.05, 0) is 31.2 Å². The lowest BCUT2D eigenvalue weighted by molar-refractivity contribution is 0.0995. The van der Waals surface area contributed by atoms with Crippen molar-refractivity contribution in [3.63, 3.8) is 0 Å². The number of ether oxygens (including phenoxy) is 1. The number of hydrogen-bond donors (Lipinski definition) is 1. The summed E-state index contributed by atoms with van der Waals surface area (Å²) in [6.07, 6.45) is 3.45. The highest BCUT2D eigenvalue weighted by atomic mass is 16.5. The number of carbonyl (C=O) groups is 1. The van der Waals surface area contributed by atoms with E-state index in [9.17, 15) is 4.79 Å². The molecule has 7 nitrogen and oxygen atoms in total. The molecule has 0 atom stereocenters. The maximum Gasteiger partial charge on any atom is 0.291 e. The van der Waals surface area contributed by atoms with Crippen molar-refractivity contribution in [2.24, 2.45) is 0 Å². The third-order valence-electron chi connectivity index (χ3n) is 3.41. The zero-order valence-corrected chi connectivity index (χ0v) is 13.5. The Hall–Kier alpha value is -2.93. The van der Waals surface area contributed by atoms with E-state index in [1.807, 2.05) is 18.2 Å². The molecule has 0 saturated carbocycles. The molecule has 3 aromatic heterocycles. The highest BCUT2D eigenvalue weighted by Crippen LogP contribution is 2.25. The van der Waals surface area contributed by atoms with E-state index in [4.69, 9.17) is 9.15 Å². The quantitative estimate of drug-likeness (QED) is 0.753. The zero-order valence-electron chi connectivity index (χ0n) is 13.5. The fourth-order valence-corrected chi connectivity index (χ4v) is 2.24. The van der Waals surface area contributed by atoms with E-state index < -0.39 is 0 Å². The first-order valence-electron chi connectivity index (χ1n) is 7.53. The van der Waals surface area contributed by atoms with Crippen LogP contribution in [-0.2, 0) is 11.3 Å². The third-order valence-corrected chi connectivity index (χ3v) is 3.41.